The Hall–Kier alpha value is -3.03. The summed E-state index contributed by atoms with van der Waals surface area (Å²) in [5.74, 6) is -0.648. The molecule has 0 radical (unpaired) electrons. The van der Waals surface area contributed by atoms with E-state index in [2.05, 4.69) is 15.3 Å². The van der Waals surface area contributed by atoms with E-state index in [-0.39, 0.29) is 18.3 Å². The third-order valence-electron chi connectivity index (χ3n) is 4.31. The van der Waals surface area contributed by atoms with Crippen molar-refractivity contribution < 1.29 is 14.3 Å². The molecule has 0 aliphatic heterocycles. The molecule has 136 valence electrons. The summed E-state index contributed by atoms with van der Waals surface area (Å²) in [7, 11) is 0. The molecule has 5 nitrogen and oxygen atoms in total. The van der Waals surface area contributed by atoms with Gasteiger partial charge in [-0.25, -0.2) is 9.37 Å². The Kier molecular flexibility index (Phi) is 4.70. The van der Waals surface area contributed by atoms with Gasteiger partial charge in [-0.15, -0.1) is 11.3 Å². The van der Waals surface area contributed by atoms with Crippen LogP contribution in [0.15, 0.2) is 60.9 Å². The number of carbonyl (C=O) groups excluding carboxylic acids is 1. The van der Waals surface area contributed by atoms with Crippen LogP contribution in [0.4, 0.5) is 4.39 Å². The van der Waals surface area contributed by atoms with Gasteiger partial charge in [0.1, 0.15) is 11.5 Å². The van der Waals surface area contributed by atoms with E-state index < -0.39 is 6.04 Å². The van der Waals surface area contributed by atoms with Crippen LogP contribution in [0, 0.1) is 5.82 Å². The summed E-state index contributed by atoms with van der Waals surface area (Å²) in [6.07, 6.45) is 3.60. The number of halogens is 1. The van der Waals surface area contributed by atoms with Gasteiger partial charge in [0, 0.05) is 28.2 Å². The van der Waals surface area contributed by atoms with E-state index in [4.69, 9.17) is 0 Å². The molecular formula is C20H16FN3O2S. The molecule has 4 aromatic rings. The Bertz CT molecular complexity index is 1090. The number of H-pyrrole nitrogens is 1. The largest absolute Gasteiger partial charge is 0.394 e. The second kappa shape index (κ2) is 7.30. The van der Waals surface area contributed by atoms with E-state index in [1.54, 1.807) is 24.4 Å². The molecule has 3 aromatic heterocycles. The fraction of sp³-hybridized carbons (Fsp3) is 0.100. The monoisotopic (exact) mass is 381 g/mol. The first-order valence-corrected chi connectivity index (χ1v) is 9.17. The van der Waals surface area contributed by atoms with Gasteiger partial charge in [-0.05, 0) is 42.0 Å². The second-order valence-electron chi connectivity index (χ2n) is 6.03. The number of hydrogen-bond donors (Lipinski definition) is 3. The highest BCUT2D eigenvalue weighted by atomic mass is 32.1. The van der Waals surface area contributed by atoms with Crippen LogP contribution < -0.4 is 5.32 Å². The summed E-state index contributed by atoms with van der Waals surface area (Å²) < 4.78 is 13.1. The number of nitrogens with zero attached hydrogens (tertiary/aromatic N) is 1. The lowest BCUT2D eigenvalue weighted by Crippen LogP contribution is -2.30. The molecule has 0 spiro atoms. The molecule has 7 heteroatoms. The van der Waals surface area contributed by atoms with Gasteiger partial charge < -0.3 is 15.4 Å². The maximum Gasteiger partial charge on any atom is 0.261 e. The first kappa shape index (κ1) is 17.4. The number of pyridine rings is 1. The molecule has 4 rings (SSSR count). The number of rotatable bonds is 5. The predicted octanol–water partition coefficient (Wildman–Crippen LogP) is 3.89. The van der Waals surface area contributed by atoms with Gasteiger partial charge in [-0.1, -0.05) is 12.1 Å². The van der Waals surface area contributed by atoms with E-state index >= 15 is 0 Å². The van der Waals surface area contributed by atoms with E-state index in [1.807, 2.05) is 24.4 Å². The van der Waals surface area contributed by atoms with Gasteiger partial charge in [-0.2, -0.15) is 0 Å². The minimum atomic E-state index is -0.596. The van der Waals surface area contributed by atoms with Gasteiger partial charge in [0.15, 0.2) is 0 Å². The van der Waals surface area contributed by atoms with Crippen LogP contribution in [0.25, 0.3) is 21.5 Å². The zero-order valence-corrected chi connectivity index (χ0v) is 15.0. The quantitative estimate of drug-likeness (QED) is 0.491. The molecule has 27 heavy (non-hydrogen) atoms. The van der Waals surface area contributed by atoms with Crippen LogP contribution in [0.5, 0.6) is 0 Å². The number of thiophene rings is 1. The number of benzene rings is 1. The predicted molar refractivity (Wildman–Crippen MR) is 103 cm³/mol. The molecule has 3 heterocycles. The Labute approximate surface area is 158 Å². The van der Waals surface area contributed by atoms with Crippen molar-refractivity contribution in [3.05, 3.63) is 77.2 Å². The van der Waals surface area contributed by atoms with Crippen LogP contribution in [0.2, 0.25) is 0 Å². The van der Waals surface area contributed by atoms with Gasteiger partial charge >= 0.3 is 0 Å². The molecule has 0 fully saturated rings. The van der Waals surface area contributed by atoms with Crippen molar-refractivity contribution in [1.29, 1.82) is 0 Å². The summed E-state index contributed by atoms with van der Waals surface area (Å²) in [6, 6.07) is 12.6. The van der Waals surface area contributed by atoms with Crippen molar-refractivity contribution in [2.24, 2.45) is 0 Å². The SMILES string of the molecule is O=C(NC(CO)c1ccc(F)cc1)c1ccc(-c2c[nH]c3ncccc23)s1. The van der Waals surface area contributed by atoms with Crippen molar-refractivity contribution in [1.82, 2.24) is 15.3 Å². The van der Waals surface area contributed by atoms with Crippen molar-refractivity contribution in [3.8, 4) is 10.4 Å². The van der Waals surface area contributed by atoms with E-state index in [0.717, 1.165) is 21.5 Å². The summed E-state index contributed by atoms with van der Waals surface area (Å²) in [5.41, 5.74) is 2.43. The fourth-order valence-electron chi connectivity index (χ4n) is 2.92. The molecule has 0 aliphatic rings. The number of carbonyl (C=O) groups is 1. The molecule has 3 N–H and O–H groups in total. The number of aromatic nitrogens is 2. The van der Waals surface area contributed by atoms with E-state index in [1.165, 1.54) is 23.5 Å². The maximum absolute atomic E-state index is 13.1. The minimum Gasteiger partial charge on any atom is -0.394 e. The molecule has 1 atom stereocenters. The zero-order valence-electron chi connectivity index (χ0n) is 14.1. The highest BCUT2D eigenvalue weighted by molar-refractivity contribution is 7.17. The molecule has 0 aliphatic carbocycles. The first-order valence-electron chi connectivity index (χ1n) is 8.35. The highest BCUT2D eigenvalue weighted by Crippen LogP contribution is 2.33. The van der Waals surface area contributed by atoms with Crippen LogP contribution in [-0.2, 0) is 0 Å². The number of hydrogen-bond acceptors (Lipinski definition) is 4. The van der Waals surface area contributed by atoms with Crippen LogP contribution in [-0.4, -0.2) is 27.6 Å². The molecule has 0 saturated carbocycles. The van der Waals surface area contributed by atoms with Gasteiger partial charge in [0.2, 0.25) is 0 Å². The molecule has 0 bridgehead atoms. The van der Waals surface area contributed by atoms with Gasteiger partial charge in [0.05, 0.1) is 17.5 Å². The molecule has 1 amide bonds. The Balaban J connectivity index is 1.55. The standard InChI is InChI=1S/C20H16FN3O2S/c21-13-5-3-12(4-6-13)16(11-25)24-20(26)18-8-7-17(27-18)15-10-23-19-14(15)2-1-9-22-19/h1-10,16,25H,11H2,(H,22,23)(H,24,26). The average molecular weight is 381 g/mol. The topological polar surface area (TPSA) is 78.0 Å². The summed E-state index contributed by atoms with van der Waals surface area (Å²) in [5, 5.41) is 13.4. The normalized spacial score (nSPS) is 12.2. The number of nitrogens with one attached hydrogen (secondary N) is 2. The Morgan fingerprint density at radius 3 is 2.81 bits per heavy atom. The number of fused-ring (bicyclic) bond motifs is 1. The lowest BCUT2D eigenvalue weighted by atomic mass is 10.1. The third-order valence-corrected chi connectivity index (χ3v) is 5.42. The van der Waals surface area contributed by atoms with Crippen LogP contribution in [0.1, 0.15) is 21.3 Å². The second-order valence-corrected chi connectivity index (χ2v) is 7.11. The first-order chi connectivity index (χ1) is 13.2. The summed E-state index contributed by atoms with van der Waals surface area (Å²) >= 11 is 1.36. The zero-order chi connectivity index (χ0) is 18.8. The lowest BCUT2D eigenvalue weighted by molar-refractivity contribution is 0.0920. The van der Waals surface area contributed by atoms with E-state index in [9.17, 15) is 14.3 Å². The van der Waals surface area contributed by atoms with E-state index in [0.29, 0.717) is 10.4 Å². The van der Waals surface area contributed by atoms with Crippen LogP contribution in [0.3, 0.4) is 0 Å². The molecular weight excluding hydrogens is 365 g/mol. The Morgan fingerprint density at radius 1 is 1.22 bits per heavy atom. The van der Waals surface area contributed by atoms with Gasteiger partial charge in [0.25, 0.3) is 5.91 Å². The highest BCUT2D eigenvalue weighted by Gasteiger charge is 2.18. The van der Waals surface area contributed by atoms with Crippen molar-refractivity contribution in [2.45, 2.75) is 6.04 Å². The lowest BCUT2D eigenvalue weighted by Gasteiger charge is -2.16. The molecule has 0 saturated heterocycles. The van der Waals surface area contributed by atoms with Crippen molar-refractivity contribution in [2.75, 3.05) is 6.61 Å². The third kappa shape index (κ3) is 3.47. The number of aliphatic hydroxyl groups is 1. The number of aliphatic hydroxyl groups excluding tert-OH is 1. The van der Waals surface area contributed by atoms with Crippen LogP contribution >= 0.6 is 11.3 Å². The summed E-state index contributed by atoms with van der Waals surface area (Å²) in [6.45, 7) is -0.274. The fourth-order valence-corrected chi connectivity index (χ4v) is 3.86. The summed E-state index contributed by atoms with van der Waals surface area (Å²) in [4.78, 5) is 21.5. The number of aromatic amines is 1. The van der Waals surface area contributed by atoms with Gasteiger partial charge in [-0.3, -0.25) is 4.79 Å². The molecule has 1 aromatic carbocycles. The minimum absolute atomic E-state index is 0.274. The Morgan fingerprint density at radius 2 is 2.04 bits per heavy atom. The smallest absolute Gasteiger partial charge is 0.261 e. The van der Waals surface area contributed by atoms with Crippen molar-refractivity contribution >= 4 is 28.3 Å². The maximum atomic E-state index is 13.1. The van der Waals surface area contributed by atoms with Crippen molar-refractivity contribution in [3.63, 3.8) is 0 Å². The molecule has 1 unspecified atom stereocenters. The average Bonchev–Trinajstić information content (AvgIpc) is 3.33. The number of amides is 1.